The largest absolute Gasteiger partial charge is 0.478 e. The van der Waals surface area contributed by atoms with E-state index in [1.165, 1.54) is 17.4 Å². The fourth-order valence-electron chi connectivity index (χ4n) is 2.23. The molecule has 0 radical (unpaired) electrons. The van der Waals surface area contributed by atoms with Crippen molar-refractivity contribution in [3.63, 3.8) is 0 Å². The Morgan fingerprint density at radius 2 is 2.00 bits per heavy atom. The average molecular weight is 333 g/mol. The molecule has 1 heterocycles. The van der Waals surface area contributed by atoms with Gasteiger partial charge in [0, 0.05) is 6.42 Å². The average Bonchev–Trinajstić information content (AvgIpc) is 3.06. The molecule has 1 unspecified atom stereocenters. The molecule has 0 aliphatic heterocycles. The number of hydrogen-bond acceptors (Lipinski definition) is 4. The van der Waals surface area contributed by atoms with Crippen LogP contribution >= 0.6 is 11.3 Å². The molecule has 1 aromatic heterocycles. The van der Waals surface area contributed by atoms with E-state index in [2.05, 4.69) is 5.32 Å². The van der Waals surface area contributed by atoms with E-state index < -0.39 is 11.6 Å². The molecule has 0 bridgehead atoms. The number of nitrogens with one attached hydrogen (secondary N) is 1. The predicted octanol–water partition coefficient (Wildman–Crippen LogP) is 2.40. The van der Waals surface area contributed by atoms with Crippen LogP contribution < -0.4 is 5.32 Å². The summed E-state index contributed by atoms with van der Waals surface area (Å²) in [5.41, 5.74) is 0.485. The molecule has 23 heavy (non-hydrogen) atoms. The van der Waals surface area contributed by atoms with Crippen LogP contribution in [0.15, 0.2) is 41.1 Å². The van der Waals surface area contributed by atoms with Gasteiger partial charge in [0.15, 0.2) is 0 Å². The Morgan fingerprint density at radius 3 is 2.65 bits per heavy atom. The minimum atomic E-state index is -1.12. The molecule has 122 valence electrons. The van der Waals surface area contributed by atoms with Gasteiger partial charge in [-0.25, -0.2) is 4.79 Å². The zero-order valence-electron chi connectivity index (χ0n) is 12.8. The van der Waals surface area contributed by atoms with Crippen molar-refractivity contribution in [3.8, 4) is 0 Å². The lowest BCUT2D eigenvalue weighted by Crippen LogP contribution is -2.38. The molecule has 2 rings (SSSR count). The van der Waals surface area contributed by atoms with Crippen molar-refractivity contribution in [1.82, 2.24) is 5.32 Å². The van der Waals surface area contributed by atoms with Crippen LogP contribution in [0.1, 0.15) is 34.8 Å². The number of amides is 1. The number of benzene rings is 1. The van der Waals surface area contributed by atoms with Gasteiger partial charge >= 0.3 is 5.97 Å². The Morgan fingerprint density at radius 1 is 1.26 bits per heavy atom. The molecule has 1 aromatic carbocycles. The normalized spacial score (nSPS) is 13.3. The first-order valence-corrected chi connectivity index (χ1v) is 8.17. The fraction of sp³-hybridized carbons (Fsp3) is 0.294. The molecule has 6 heteroatoms. The van der Waals surface area contributed by atoms with E-state index in [0.29, 0.717) is 12.0 Å². The summed E-state index contributed by atoms with van der Waals surface area (Å²) in [5.74, 6) is -1.22. The molecular weight excluding hydrogens is 314 g/mol. The van der Waals surface area contributed by atoms with Gasteiger partial charge in [-0.05, 0) is 47.4 Å². The van der Waals surface area contributed by atoms with Crippen molar-refractivity contribution in [2.45, 2.75) is 25.4 Å². The van der Waals surface area contributed by atoms with Crippen LogP contribution in [0.4, 0.5) is 0 Å². The second kappa shape index (κ2) is 7.39. The van der Waals surface area contributed by atoms with Crippen molar-refractivity contribution < 1.29 is 19.8 Å². The summed E-state index contributed by atoms with van der Waals surface area (Å²) in [7, 11) is 0. The maximum atomic E-state index is 11.9. The fourth-order valence-corrected chi connectivity index (χ4v) is 3.01. The lowest BCUT2D eigenvalue weighted by molar-refractivity contribution is -0.122. The second-order valence-electron chi connectivity index (χ2n) is 5.52. The topological polar surface area (TPSA) is 86.6 Å². The van der Waals surface area contributed by atoms with Crippen LogP contribution in [0.25, 0.3) is 0 Å². The van der Waals surface area contributed by atoms with Gasteiger partial charge in [0.25, 0.3) is 0 Å². The summed E-state index contributed by atoms with van der Waals surface area (Å²) in [6.07, 6.45) is 0.513. The number of carbonyl (C=O) groups excluding carboxylic acids is 1. The molecule has 0 fully saturated rings. The zero-order valence-corrected chi connectivity index (χ0v) is 13.6. The van der Waals surface area contributed by atoms with Crippen molar-refractivity contribution in [1.29, 1.82) is 0 Å². The third-order valence-electron chi connectivity index (χ3n) is 3.64. The lowest BCUT2D eigenvalue weighted by atomic mass is 9.99. The smallest absolute Gasteiger partial charge is 0.335 e. The molecular formula is C17H19NO4S. The predicted molar refractivity (Wildman–Crippen MR) is 88.6 cm³/mol. The lowest BCUT2D eigenvalue weighted by Gasteiger charge is -2.22. The molecule has 0 saturated heterocycles. The van der Waals surface area contributed by atoms with Crippen LogP contribution in [0, 0.1) is 0 Å². The van der Waals surface area contributed by atoms with E-state index in [4.69, 9.17) is 5.11 Å². The summed E-state index contributed by atoms with van der Waals surface area (Å²) < 4.78 is 0. The molecule has 3 N–H and O–H groups in total. The van der Waals surface area contributed by atoms with Crippen LogP contribution in [0.5, 0.6) is 0 Å². The van der Waals surface area contributed by atoms with Crippen molar-refractivity contribution in [3.05, 3.63) is 57.8 Å². The Labute approximate surface area is 138 Å². The Kier molecular flexibility index (Phi) is 5.52. The third-order valence-corrected chi connectivity index (χ3v) is 4.33. The minimum Gasteiger partial charge on any atom is -0.478 e. The molecule has 0 saturated carbocycles. The zero-order chi connectivity index (χ0) is 16.9. The number of carbonyl (C=O) groups is 2. The van der Waals surface area contributed by atoms with E-state index in [-0.39, 0.29) is 24.4 Å². The van der Waals surface area contributed by atoms with Crippen molar-refractivity contribution in [2.75, 3.05) is 6.54 Å². The van der Waals surface area contributed by atoms with Crippen LogP contribution in [0.3, 0.4) is 0 Å². The monoisotopic (exact) mass is 333 g/mol. The van der Waals surface area contributed by atoms with Crippen LogP contribution in [-0.4, -0.2) is 28.6 Å². The number of carboxylic acids is 1. The highest BCUT2D eigenvalue weighted by atomic mass is 32.1. The highest BCUT2D eigenvalue weighted by Crippen LogP contribution is 2.22. The molecule has 0 spiro atoms. The first-order chi connectivity index (χ1) is 10.9. The minimum absolute atomic E-state index is 0.114. The Hall–Kier alpha value is -2.18. The highest BCUT2D eigenvalue weighted by Gasteiger charge is 2.24. The summed E-state index contributed by atoms with van der Waals surface area (Å²) >= 11 is 1.48. The van der Waals surface area contributed by atoms with E-state index in [1.807, 2.05) is 16.8 Å². The summed E-state index contributed by atoms with van der Waals surface area (Å²) in [5, 5.41) is 25.9. The second-order valence-corrected chi connectivity index (χ2v) is 6.30. The Balaban J connectivity index is 1.88. The number of aliphatic hydroxyl groups is 1. The molecule has 1 atom stereocenters. The number of thiophene rings is 1. The SMILES string of the molecule is CC(O)(CNC(=O)CCc1ccccc1C(=O)O)c1ccsc1. The summed E-state index contributed by atoms with van der Waals surface area (Å²) in [4.78, 5) is 23.1. The first kappa shape index (κ1) is 17.2. The van der Waals surface area contributed by atoms with Crippen LogP contribution in [-0.2, 0) is 16.8 Å². The molecule has 1 amide bonds. The third kappa shape index (κ3) is 4.64. The standard InChI is InChI=1S/C17H19NO4S/c1-17(22,13-8-9-23-10-13)11-18-15(19)7-6-12-4-2-3-5-14(12)16(20)21/h2-5,8-10,22H,6-7,11H2,1H3,(H,18,19)(H,20,21). The first-order valence-electron chi connectivity index (χ1n) is 7.23. The molecule has 2 aromatic rings. The van der Waals surface area contributed by atoms with E-state index in [1.54, 1.807) is 25.1 Å². The van der Waals surface area contributed by atoms with Gasteiger partial charge < -0.3 is 15.5 Å². The van der Waals surface area contributed by atoms with Gasteiger partial charge in [-0.15, -0.1) is 0 Å². The number of hydrogen-bond donors (Lipinski definition) is 3. The maximum absolute atomic E-state index is 11.9. The van der Waals surface area contributed by atoms with Gasteiger partial charge in [-0.1, -0.05) is 18.2 Å². The molecule has 0 aliphatic rings. The van der Waals surface area contributed by atoms with Crippen molar-refractivity contribution in [2.24, 2.45) is 0 Å². The van der Waals surface area contributed by atoms with Gasteiger partial charge in [0.1, 0.15) is 5.60 Å². The molecule has 5 nitrogen and oxygen atoms in total. The number of carboxylic acid groups (broad SMARTS) is 1. The van der Waals surface area contributed by atoms with E-state index in [9.17, 15) is 14.7 Å². The van der Waals surface area contributed by atoms with Gasteiger partial charge in [-0.2, -0.15) is 11.3 Å². The quantitative estimate of drug-likeness (QED) is 0.726. The van der Waals surface area contributed by atoms with Crippen molar-refractivity contribution >= 4 is 23.2 Å². The number of aryl methyl sites for hydroxylation is 1. The van der Waals surface area contributed by atoms with Crippen LogP contribution in [0.2, 0.25) is 0 Å². The van der Waals surface area contributed by atoms with Gasteiger partial charge in [0.05, 0.1) is 12.1 Å². The van der Waals surface area contributed by atoms with E-state index >= 15 is 0 Å². The summed E-state index contributed by atoms with van der Waals surface area (Å²) in [6, 6.07) is 8.46. The highest BCUT2D eigenvalue weighted by molar-refractivity contribution is 7.08. The number of aromatic carboxylic acids is 1. The molecule has 0 aliphatic carbocycles. The van der Waals surface area contributed by atoms with Gasteiger partial charge in [-0.3, -0.25) is 4.79 Å². The van der Waals surface area contributed by atoms with E-state index in [0.717, 1.165) is 5.56 Å². The number of rotatable bonds is 7. The maximum Gasteiger partial charge on any atom is 0.335 e. The summed E-state index contributed by atoms with van der Waals surface area (Å²) in [6.45, 7) is 1.76. The van der Waals surface area contributed by atoms with Gasteiger partial charge in [0.2, 0.25) is 5.91 Å². The Bertz CT molecular complexity index is 680.